The van der Waals surface area contributed by atoms with Crippen LogP contribution in [0.3, 0.4) is 0 Å². The zero-order valence-electron chi connectivity index (χ0n) is 11.7. The monoisotopic (exact) mass is 357 g/mol. The van der Waals surface area contributed by atoms with E-state index in [0.29, 0.717) is 15.7 Å². The fourth-order valence-corrected chi connectivity index (χ4v) is 2.84. The van der Waals surface area contributed by atoms with Crippen molar-refractivity contribution in [3.05, 3.63) is 50.1 Å². The van der Waals surface area contributed by atoms with Crippen LogP contribution in [0.5, 0.6) is 0 Å². The van der Waals surface area contributed by atoms with E-state index in [2.05, 4.69) is 5.32 Å². The van der Waals surface area contributed by atoms with Crippen LogP contribution in [-0.4, -0.2) is 18.5 Å². The summed E-state index contributed by atoms with van der Waals surface area (Å²) in [5.41, 5.74) is 1.97. The summed E-state index contributed by atoms with van der Waals surface area (Å²) in [7, 11) is 0. The Morgan fingerprint density at radius 1 is 1.27 bits per heavy atom. The number of rotatable bonds is 5. The summed E-state index contributed by atoms with van der Waals surface area (Å²) in [5, 5.41) is 6.98. The second-order valence-corrected chi connectivity index (χ2v) is 6.14. The van der Waals surface area contributed by atoms with Gasteiger partial charge in [-0.3, -0.25) is 9.59 Å². The van der Waals surface area contributed by atoms with Gasteiger partial charge in [-0.05, 0) is 40.9 Å². The molecule has 0 unspecified atom stereocenters. The van der Waals surface area contributed by atoms with E-state index in [0.717, 1.165) is 11.1 Å². The second kappa shape index (κ2) is 7.63. The van der Waals surface area contributed by atoms with E-state index in [-0.39, 0.29) is 13.0 Å². The maximum Gasteiger partial charge on any atom is 0.310 e. The molecular formula is C15H13Cl2NO3S. The fraction of sp³-hybridized carbons (Fsp3) is 0.200. The molecule has 1 amide bonds. The molecule has 1 heterocycles. The average Bonchev–Trinajstić information content (AvgIpc) is 2.98. The van der Waals surface area contributed by atoms with Crippen LogP contribution in [0.4, 0.5) is 5.69 Å². The van der Waals surface area contributed by atoms with E-state index in [1.54, 1.807) is 19.1 Å². The van der Waals surface area contributed by atoms with E-state index in [9.17, 15) is 9.59 Å². The number of aryl methyl sites for hydroxylation is 1. The van der Waals surface area contributed by atoms with E-state index in [1.807, 2.05) is 16.8 Å². The minimum Gasteiger partial charge on any atom is -0.455 e. The molecular weight excluding hydrogens is 345 g/mol. The van der Waals surface area contributed by atoms with E-state index >= 15 is 0 Å². The van der Waals surface area contributed by atoms with Gasteiger partial charge in [0.2, 0.25) is 0 Å². The fourth-order valence-electron chi connectivity index (χ4n) is 1.70. The number of esters is 1. The minimum absolute atomic E-state index is 0.142. The Morgan fingerprint density at radius 2 is 2.05 bits per heavy atom. The Bertz CT molecular complexity index is 686. The van der Waals surface area contributed by atoms with Gasteiger partial charge in [0.05, 0.1) is 22.2 Å². The Hall–Kier alpha value is -1.56. The molecule has 4 nitrogen and oxygen atoms in total. The first kappa shape index (κ1) is 16.8. The van der Waals surface area contributed by atoms with E-state index in [4.69, 9.17) is 27.9 Å². The van der Waals surface area contributed by atoms with Gasteiger partial charge < -0.3 is 10.1 Å². The van der Waals surface area contributed by atoms with Gasteiger partial charge in [-0.2, -0.15) is 11.3 Å². The molecule has 0 aliphatic rings. The maximum absolute atomic E-state index is 11.8. The van der Waals surface area contributed by atoms with Gasteiger partial charge in [-0.15, -0.1) is 0 Å². The van der Waals surface area contributed by atoms with Crippen LogP contribution in [0.2, 0.25) is 10.0 Å². The molecule has 0 atom stereocenters. The van der Waals surface area contributed by atoms with Gasteiger partial charge in [0.1, 0.15) is 0 Å². The highest BCUT2D eigenvalue weighted by Gasteiger charge is 2.13. The predicted octanol–water partition coefficient (Wildman–Crippen LogP) is 4.09. The molecule has 2 rings (SSSR count). The quantitative estimate of drug-likeness (QED) is 0.820. The second-order valence-electron chi connectivity index (χ2n) is 4.57. The van der Waals surface area contributed by atoms with Crippen molar-refractivity contribution >= 4 is 52.1 Å². The number of carbonyl (C=O) groups is 2. The van der Waals surface area contributed by atoms with E-state index in [1.165, 1.54) is 11.3 Å². The van der Waals surface area contributed by atoms with Gasteiger partial charge in [-0.25, -0.2) is 0 Å². The Balaban J connectivity index is 1.88. The molecule has 0 saturated carbocycles. The number of hydrogen-bond acceptors (Lipinski definition) is 4. The van der Waals surface area contributed by atoms with Gasteiger partial charge in [0, 0.05) is 0 Å². The van der Waals surface area contributed by atoms with Gasteiger partial charge in [0.15, 0.2) is 6.61 Å². The molecule has 1 N–H and O–H groups in total. The lowest BCUT2D eigenvalue weighted by Gasteiger charge is -2.11. The molecule has 0 aliphatic heterocycles. The van der Waals surface area contributed by atoms with Crippen LogP contribution in [0.15, 0.2) is 29.0 Å². The molecule has 22 heavy (non-hydrogen) atoms. The van der Waals surface area contributed by atoms with Gasteiger partial charge >= 0.3 is 5.97 Å². The summed E-state index contributed by atoms with van der Waals surface area (Å²) >= 11 is 13.6. The molecule has 7 heteroatoms. The molecule has 0 bridgehead atoms. The van der Waals surface area contributed by atoms with Crippen molar-refractivity contribution in [3.8, 4) is 0 Å². The topological polar surface area (TPSA) is 55.4 Å². The number of ether oxygens (including phenoxy) is 1. The third kappa shape index (κ3) is 4.47. The first-order valence-corrected chi connectivity index (χ1v) is 8.08. The van der Waals surface area contributed by atoms with Crippen molar-refractivity contribution in [1.82, 2.24) is 0 Å². The number of thiophene rings is 1. The lowest BCUT2D eigenvalue weighted by atomic mass is 10.2. The summed E-state index contributed by atoms with van der Waals surface area (Å²) in [6, 6.07) is 5.22. The van der Waals surface area contributed by atoms with Crippen molar-refractivity contribution in [2.75, 3.05) is 11.9 Å². The Kier molecular flexibility index (Phi) is 5.83. The van der Waals surface area contributed by atoms with Gasteiger partial charge in [0.25, 0.3) is 5.91 Å². The highest BCUT2D eigenvalue weighted by Crippen LogP contribution is 2.32. The molecule has 116 valence electrons. The summed E-state index contributed by atoms with van der Waals surface area (Å²) in [5.74, 6) is -0.956. The Morgan fingerprint density at radius 3 is 2.73 bits per heavy atom. The lowest BCUT2D eigenvalue weighted by molar-refractivity contribution is -0.146. The third-order valence-electron chi connectivity index (χ3n) is 2.84. The maximum atomic E-state index is 11.8. The molecule has 0 aliphatic carbocycles. The minimum atomic E-state index is -0.493. The number of benzene rings is 1. The number of halogens is 2. The standard InChI is InChI=1S/C15H13Cl2NO3S/c1-9-2-3-11(16)15(14(9)17)18-12(19)7-21-13(20)6-10-4-5-22-8-10/h2-5,8H,6-7H2,1H3,(H,18,19). The first-order chi connectivity index (χ1) is 10.5. The van der Waals surface area contributed by atoms with Crippen LogP contribution >= 0.6 is 34.5 Å². The molecule has 0 fully saturated rings. The zero-order valence-corrected chi connectivity index (χ0v) is 14.0. The largest absolute Gasteiger partial charge is 0.455 e. The van der Waals surface area contributed by atoms with Crippen LogP contribution in [0.1, 0.15) is 11.1 Å². The van der Waals surface area contributed by atoms with Crippen LogP contribution in [0, 0.1) is 6.92 Å². The summed E-state index contributed by atoms with van der Waals surface area (Å²) in [6.07, 6.45) is 0.142. The predicted molar refractivity (Wildman–Crippen MR) is 88.8 cm³/mol. The number of nitrogens with one attached hydrogen (secondary N) is 1. The SMILES string of the molecule is Cc1ccc(Cl)c(NC(=O)COC(=O)Cc2ccsc2)c1Cl. The normalized spacial score (nSPS) is 10.3. The molecule has 1 aromatic heterocycles. The van der Waals surface area contributed by atoms with Crippen molar-refractivity contribution in [3.63, 3.8) is 0 Å². The lowest BCUT2D eigenvalue weighted by Crippen LogP contribution is -2.22. The smallest absolute Gasteiger partial charge is 0.310 e. The van der Waals surface area contributed by atoms with Crippen molar-refractivity contribution in [2.45, 2.75) is 13.3 Å². The highest BCUT2D eigenvalue weighted by molar-refractivity contribution is 7.08. The number of amides is 1. The zero-order chi connectivity index (χ0) is 16.1. The molecule has 0 radical (unpaired) electrons. The van der Waals surface area contributed by atoms with Crippen LogP contribution in [-0.2, 0) is 20.7 Å². The highest BCUT2D eigenvalue weighted by atomic mass is 35.5. The van der Waals surface area contributed by atoms with Gasteiger partial charge in [-0.1, -0.05) is 29.3 Å². The third-order valence-corrected chi connectivity index (χ3v) is 4.38. The number of hydrogen-bond donors (Lipinski definition) is 1. The molecule has 0 saturated heterocycles. The average molecular weight is 358 g/mol. The summed E-state index contributed by atoms with van der Waals surface area (Å²) in [4.78, 5) is 23.4. The van der Waals surface area contributed by atoms with Crippen molar-refractivity contribution < 1.29 is 14.3 Å². The van der Waals surface area contributed by atoms with Crippen molar-refractivity contribution in [2.24, 2.45) is 0 Å². The summed E-state index contributed by atoms with van der Waals surface area (Å²) < 4.78 is 4.93. The van der Waals surface area contributed by atoms with Crippen LogP contribution in [0.25, 0.3) is 0 Å². The Labute approximate surface area is 142 Å². The van der Waals surface area contributed by atoms with Crippen molar-refractivity contribution in [1.29, 1.82) is 0 Å². The molecule has 0 spiro atoms. The summed E-state index contributed by atoms with van der Waals surface area (Å²) in [6.45, 7) is 1.42. The van der Waals surface area contributed by atoms with E-state index < -0.39 is 11.9 Å². The first-order valence-electron chi connectivity index (χ1n) is 6.38. The van der Waals surface area contributed by atoms with Crippen LogP contribution < -0.4 is 5.32 Å². The number of carbonyl (C=O) groups excluding carboxylic acids is 2. The molecule has 1 aromatic carbocycles. The number of anilines is 1. The molecule has 2 aromatic rings.